The normalized spacial score (nSPS) is 14.3. The minimum Gasteiger partial charge on any atom is -0.388 e. The third-order valence-electron chi connectivity index (χ3n) is 2.51. The Labute approximate surface area is 105 Å². The third-order valence-corrected chi connectivity index (χ3v) is 3.60. The summed E-state index contributed by atoms with van der Waals surface area (Å²) in [5, 5.41) is 0.379. The molecule has 0 aliphatic carbocycles. The van der Waals surface area contributed by atoms with Gasteiger partial charge in [-0.3, -0.25) is 4.79 Å². The fourth-order valence-electron chi connectivity index (χ4n) is 1.70. The predicted octanol–water partition coefficient (Wildman–Crippen LogP) is 2.19. The number of carbonyl (C=O) groups excluding carboxylic acids is 2. The maximum absolute atomic E-state index is 13.6. The van der Waals surface area contributed by atoms with Crippen molar-refractivity contribution in [3.63, 3.8) is 0 Å². The Bertz CT molecular complexity index is 665. The van der Waals surface area contributed by atoms with Crippen LogP contribution in [0.5, 0.6) is 0 Å². The van der Waals surface area contributed by atoms with Gasteiger partial charge in [0, 0.05) is 5.56 Å². The topological polar surface area (TPSA) is 56.3 Å². The second-order valence-corrected chi connectivity index (χ2v) is 4.79. The summed E-state index contributed by atoms with van der Waals surface area (Å²) in [6.07, 6.45) is 0.00714. The van der Waals surface area contributed by atoms with Crippen LogP contribution in [-0.4, -0.2) is 16.9 Å². The lowest BCUT2D eigenvalue weighted by Crippen LogP contribution is -2.21. The van der Waals surface area contributed by atoms with Crippen molar-refractivity contribution in [2.45, 2.75) is 6.42 Å². The van der Waals surface area contributed by atoms with E-state index in [-0.39, 0.29) is 12.1 Å². The molecular formula is C12H6FNO3S. The minimum atomic E-state index is -0.764. The molecule has 1 aromatic heterocycles. The summed E-state index contributed by atoms with van der Waals surface area (Å²) in [7, 11) is 0. The van der Waals surface area contributed by atoms with E-state index >= 15 is 0 Å². The van der Waals surface area contributed by atoms with E-state index in [1.165, 1.54) is 6.07 Å². The van der Waals surface area contributed by atoms with Crippen LogP contribution in [-0.2, 0) is 16.0 Å². The first-order valence-electron chi connectivity index (χ1n) is 5.15. The first kappa shape index (κ1) is 11.0. The fraction of sp³-hybridized carbons (Fsp3) is 0.0833. The first-order valence-corrected chi connectivity index (χ1v) is 5.96. The lowest BCUT2D eigenvalue weighted by Gasteiger charge is -2.06. The number of hydrogen-bond donors (Lipinski definition) is 0. The van der Waals surface area contributed by atoms with Crippen LogP contribution in [0.3, 0.4) is 0 Å². The van der Waals surface area contributed by atoms with Gasteiger partial charge in [-0.1, -0.05) is 12.1 Å². The number of benzene rings is 1. The van der Waals surface area contributed by atoms with E-state index in [1.807, 2.05) is 0 Å². The van der Waals surface area contributed by atoms with Gasteiger partial charge >= 0.3 is 11.9 Å². The number of esters is 2. The van der Waals surface area contributed by atoms with Crippen molar-refractivity contribution < 1.29 is 18.7 Å². The lowest BCUT2D eigenvalue weighted by atomic mass is 10.2. The molecule has 0 unspecified atom stereocenters. The maximum atomic E-state index is 13.6. The van der Waals surface area contributed by atoms with Crippen molar-refractivity contribution in [3.05, 3.63) is 40.7 Å². The van der Waals surface area contributed by atoms with Crippen molar-refractivity contribution in [1.82, 2.24) is 4.98 Å². The molecule has 0 amide bonds. The molecule has 0 bridgehead atoms. The van der Waals surface area contributed by atoms with Crippen LogP contribution in [0.1, 0.15) is 15.4 Å². The van der Waals surface area contributed by atoms with Crippen molar-refractivity contribution in [3.8, 4) is 10.6 Å². The molecule has 2 aromatic rings. The Balaban J connectivity index is 2.12. The highest BCUT2D eigenvalue weighted by Crippen LogP contribution is 2.32. The summed E-state index contributed by atoms with van der Waals surface area (Å²) in [6.45, 7) is 0. The molecule has 90 valence electrons. The van der Waals surface area contributed by atoms with E-state index in [4.69, 9.17) is 0 Å². The molecule has 0 spiro atoms. The van der Waals surface area contributed by atoms with Crippen LogP contribution in [0.25, 0.3) is 10.6 Å². The highest BCUT2D eigenvalue weighted by Gasteiger charge is 2.29. The molecule has 0 saturated heterocycles. The number of thiazole rings is 1. The largest absolute Gasteiger partial charge is 0.388 e. The molecule has 2 heterocycles. The van der Waals surface area contributed by atoms with E-state index in [9.17, 15) is 14.0 Å². The molecule has 1 aliphatic heterocycles. The van der Waals surface area contributed by atoms with Gasteiger partial charge in [-0.15, -0.1) is 11.3 Å². The van der Waals surface area contributed by atoms with E-state index < -0.39 is 17.8 Å². The summed E-state index contributed by atoms with van der Waals surface area (Å²) in [5.74, 6) is -1.78. The second kappa shape index (κ2) is 3.99. The second-order valence-electron chi connectivity index (χ2n) is 3.71. The van der Waals surface area contributed by atoms with Crippen molar-refractivity contribution in [2.75, 3.05) is 0 Å². The quantitative estimate of drug-likeness (QED) is 0.584. The van der Waals surface area contributed by atoms with Crippen LogP contribution in [0.2, 0.25) is 0 Å². The standard InChI is InChI=1S/C12H6FNO3S/c13-7-4-2-1-3-6(7)11-14-10-8(18-11)5-9(15)17-12(10)16/h1-4H,5H2. The average molecular weight is 263 g/mol. The number of cyclic esters (lactones) is 2. The van der Waals surface area contributed by atoms with E-state index in [0.717, 1.165) is 11.3 Å². The number of aromatic nitrogens is 1. The zero-order valence-electron chi connectivity index (χ0n) is 8.97. The molecular weight excluding hydrogens is 257 g/mol. The molecule has 18 heavy (non-hydrogen) atoms. The molecule has 1 aliphatic rings. The van der Waals surface area contributed by atoms with Crippen LogP contribution in [0, 0.1) is 5.82 Å². The highest BCUT2D eigenvalue weighted by atomic mass is 32.1. The molecule has 1 aromatic carbocycles. The molecule has 0 radical (unpaired) electrons. The molecule has 0 N–H and O–H groups in total. The minimum absolute atomic E-state index is 0.00714. The van der Waals surface area contributed by atoms with Crippen LogP contribution in [0.4, 0.5) is 4.39 Å². The average Bonchev–Trinajstić information content (AvgIpc) is 2.73. The Morgan fingerprint density at radius 1 is 1.28 bits per heavy atom. The number of hydrogen-bond acceptors (Lipinski definition) is 5. The van der Waals surface area contributed by atoms with Gasteiger partial charge in [-0.05, 0) is 12.1 Å². The van der Waals surface area contributed by atoms with E-state index in [0.29, 0.717) is 15.4 Å². The Morgan fingerprint density at radius 2 is 2.06 bits per heavy atom. The maximum Gasteiger partial charge on any atom is 0.365 e. The van der Waals surface area contributed by atoms with Crippen LogP contribution >= 0.6 is 11.3 Å². The molecule has 0 saturated carbocycles. The number of carbonyl (C=O) groups is 2. The van der Waals surface area contributed by atoms with Crippen molar-refractivity contribution in [1.29, 1.82) is 0 Å². The van der Waals surface area contributed by atoms with Crippen LogP contribution < -0.4 is 0 Å². The molecule has 3 rings (SSSR count). The van der Waals surface area contributed by atoms with E-state index in [1.54, 1.807) is 18.2 Å². The molecule has 0 fully saturated rings. The van der Waals surface area contributed by atoms with Crippen molar-refractivity contribution in [2.24, 2.45) is 0 Å². The Morgan fingerprint density at radius 3 is 2.83 bits per heavy atom. The fourth-order valence-corrected chi connectivity index (χ4v) is 2.76. The van der Waals surface area contributed by atoms with Gasteiger partial charge < -0.3 is 4.74 Å². The summed E-state index contributed by atoms with van der Waals surface area (Å²) in [4.78, 5) is 27.1. The lowest BCUT2D eigenvalue weighted by molar-refractivity contribution is -0.137. The Hall–Kier alpha value is -2.08. The Kier molecular flexibility index (Phi) is 2.45. The summed E-state index contributed by atoms with van der Waals surface area (Å²) >= 11 is 1.14. The van der Waals surface area contributed by atoms with Gasteiger partial charge in [0.2, 0.25) is 0 Å². The van der Waals surface area contributed by atoms with Gasteiger partial charge in [-0.25, -0.2) is 14.2 Å². The van der Waals surface area contributed by atoms with Gasteiger partial charge in [-0.2, -0.15) is 0 Å². The number of halogens is 1. The van der Waals surface area contributed by atoms with Crippen LogP contribution in [0.15, 0.2) is 24.3 Å². The van der Waals surface area contributed by atoms with Gasteiger partial charge in [0.25, 0.3) is 0 Å². The smallest absolute Gasteiger partial charge is 0.365 e. The van der Waals surface area contributed by atoms with Gasteiger partial charge in [0.15, 0.2) is 5.69 Å². The molecule has 6 heteroatoms. The zero-order valence-corrected chi connectivity index (χ0v) is 9.79. The number of nitrogens with zero attached hydrogens (tertiary/aromatic N) is 1. The first-order chi connectivity index (χ1) is 8.65. The van der Waals surface area contributed by atoms with Gasteiger partial charge in [0.1, 0.15) is 10.8 Å². The highest BCUT2D eigenvalue weighted by molar-refractivity contribution is 7.15. The predicted molar refractivity (Wildman–Crippen MR) is 61.6 cm³/mol. The molecule has 0 atom stereocenters. The summed E-state index contributed by atoms with van der Waals surface area (Å²) in [6, 6.07) is 6.15. The van der Waals surface area contributed by atoms with Crippen molar-refractivity contribution >= 4 is 23.3 Å². The van der Waals surface area contributed by atoms with E-state index in [2.05, 4.69) is 9.72 Å². The number of ether oxygens (including phenoxy) is 1. The summed E-state index contributed by atoms with van der Waals surface area (Å²) < 4.78 is 18.1. The SMILES string of the molecule is O=C1Cc2sc(-c3ccccc3F)nc2C(=O)O1. The summed E-state index contributed by atoms with van der Waals surface area (Å²) in [5.41, 5.74) is 0.426. The third kappa shape index (κ3) is 1.70. The monoisotopic (exact) mass is 263 g/mol. The van der Waals surface area contributed by atoms with Gasteiger partial charge in [0.05, 0.1) is 11.3 Å². The number of rotatable bonds is 1. The zero-order chi connectivity index (χ0) is 12.7. The number of fused-ring (bicyclic) bond motifs is 1. The molecule has 4 nitrogen and oxygen atoms in total.